The maximum atomic E-state index is 12.2. The van der Waals surface area contributed by atoms with Gasteiger partial charge in [-0.1, -0.05) is 11.8 Å². The summed E-state index contributed by atoms with van der Waals surface area (Å²) in [7, 11) is 0. The van der Waals surface area contributed by atoms with E-state index in [2.05, 4.69) is 26.3 Å². The second kappa shape index (κ2) is 6.94. The number of thiazole rings is 1. The van der Waals surface area contributed by atoms with Crippen LogP contribution in [-0.4, -0.2) is 26.6 Å². The molecule has 1 amide bonds. The molecule has 1 N–H and O–H groups in total. The lowest BCUT2D eigenvalue weighted by atomic mass is 10.2. The van der Waals surface area contributed by atoms with Gasteiger partial charge in [0, 0.05) is 15.6 Å². The first-order valence-electron chi connectivity index (χ1n) is 7.08. The Morgan fingerprint density at radius 1 is 1.39 bits per heavy atom. The minimum atomic E-state index is -0.0816. The van der Waals surface area contributed by atoms with Crippen LogP contribution in [0.1, 0.15) is 28.5 Å². The molecule has 0 aromatic carbocycles. The van der Waals surface area contributed by atoms with Gasteiger partial charge >= 0.3 is 0 Å². The van der Waals surface area contributed by atoms with Crippen molar-refractivity contribution in [2.45, 2.75) is 31.8 Å². The summed E-state index contributed by atoms with van der Waals surface area (Å²) in [5.41, 5.74) is 0.906. The Labute approximate surface area is 146 Å². The van der Waals surface area contributed by atoms with E-state index in [1.165, 1.54) is 16.6 Å². The first kappa shape index (κ1) is 16.4. The molecular formula is C15H16N4OS3. The predicted molar refractivity (Wildman–Crippen MR) is 96.3 cm³/mol. The summed E-state index contributed by atoms with van der Waals surface area (Å²) in [5, 5.41) is 7.84. The molecule has 3 aromatic rings. The summed E-state index contributed by atoms with van der Waals surface area (Å²) in [6, 6.07) is 1.99. The molecule has 3 heterocycles. The average Bonchev–Trinajstić information content (AvgIpc) is 3.10. The summed E-state index contributed by atoms with van der Waals surface area (Å²) < 4.78 is 0. The number of aryl methyl sites for hydroxylation is 2. The Hall–Kier alpha value is -1.51. The summed E-state index contributed by atoms with van der Waals surface area (Å²) >= 11 is 4.67. The van der Waals surface area contributed by atoms with E-state index < -0.39 is 0 Å². The van der Waals surface area contributed by atoms with Crippen LogP contribution in [0.2, 0.25) is 0 Å². The van der Waals surface area contributed by atoms with Gasteiger partial charge in [-0.2, -0.15) is 0 Å². The molecule has 8 heteroatoms. The van der Waals surface area contributed by atoms with E-state index in [4.69, 9.17) is 0 Å². The normalized spacial score (nSPS) is 12.5. The quantitative estimate of drug-likeness (QED) is 0.552. The number of hydrogen-bond donors (Lipinski definition) is 1. The van der Waals surface area contributed by atoms with Crippen molar-refractivity contribution in [1.29, 1.82) is 0 Å². The van der Waals surface area contributed by atoms with E-state index in [0.29, 0.717) is 5.75 Å². The highest BCUT2D eigenvalue weighted by atomic mass is 32.2. The SMILES string of the molecule is Cc1cc2c(SCC(=O)N[C@H](C)c3csc(C)n3)ncnc2s1. The van der Waals surface area contributed by atoms with Crippen molar-refractivity contribution in [1.82, 2.24) is 20.3 Å². The van der Waals surface area contributed by atoms with Gasteiger partial charge in [0.15, 0.2) is 0 Å². The monoisotopic (exact) mass is 364 g/mol. The molecule has 3 aromatic heterocycles. The third-order valence-electron chi connectivity index (χ3n) is 3.21. The first-order valence-corrected chi connectivity index (χ1v) is 9.76. The maximum Gasteiger partial charge on any atom is 0.230 e. The summed E-state index contributed by atoms with van der Waals surface area (Å²) in [4.78, 5) is 27.3. The zero-order valence-electron chi connectivity index (χ0n) is 13.0. The first-order chi connectivity index (χ1) is 11.0. The Morgan fingerprint density at radius 3 is 2.96 bits per heavy atom. The van der Waals surface area contributed by atoms with Gasteiger partial charge in [-0.3, -0.25) is 4.79 Å². The lowest BCUT2D eigenvalue weighted by molar-refractivity contribution is -0.119. The van der Waals surface area contributed by atoms with Crippen LogP contribution in [-0.2, 0) is 4.79 Å². The van der Waals surface area contributed by atoms with E-state index in [0.717, 1.165) is 25.9 Å². The smallest absolute Gasteiger partial charge is 0.230 e. The van der Waals surface area contributed by atoms with E-state index in [9.17, 15) is 4.79 Å². The van der Waals surface area contributed by atoms with E-state index in [-0.39, 0.29) is 11.9 Å². The summed E-state index contributed by atoms with van der Waals surface area (Å²) in [5.74, 6) is 0.306. The Bertz CT molecular complexity index is 842. The highest BCUT2D eigenvalue weighted by molar-refractivity contribution is 8.00. The number of nitrogens with one attached hydrogen (secondary N) is 1. The van der Waals surface area contributed by atoms with Crippen molar-refractivity contribution in [2.75, 3.05) is 5.75 Å². The minimum absolute atomic E-state index is 0.0214. The molecule has 0 spiro atoms. The second-order valence-electron chi connectivity index (χ2n) is 5.12. The number of carbonyl (C=O) groups is 1. The predicted octanol–water partition coefficient (Wildman–Crippen LogP) is 3.73. The number of hydrogen-bond acceptors (Lipinski definition) is 7. The molecule has 1 atom stereocenters. The number of thioether (sulfide) groups is 1. The van der Waals surface area contributed by atoms with Crippen molar-refractivity contribution in [3.63, 3.8) is 0 Å². The van der Waals surface area contributed by atoms with Crippen LogP contribution in [0.15, 0.2) is 22.8 Å². The fourth-order valence-electron chi connectivity index (χ4n) is 2.14. The van der Waals surface area contributed by atoms with Crippen molar-refractivity contribution in [3.05, 3.63) is 33.4 Å². The van der Waals surface area contributed by atoms with Crippen LogP contribution in [0.25, 0.3) is 10.2 Å². The van der Waals surface area contributed by atoms with Crippen LogP contribution in [0, 0.1) is 13.8 Å². The van der Waals surface area contributed by atoms with Crippen LogP contribution in [0.3, 0.4) is 0 Å². The molecule has 5 nitrogen and oxygen atoms in total. The number of carbonyl (C=O) groups excluding carboxylic acids is 1. The van der Waals surface area contributed by atoms with E-state index in [1.54, 1.807) is 29.0 Å². The number of aromatic nitrogens is 3. The molecule has 0 aliphatic carbocycles. The van der Waals surface area contributed by atoms with E-state index in [1.807, 2.05) is 26.2 Å². The van der Waals surface area contributed by atoms with Crippen molar-refractivity contribution >= 4 is 50.6 Å². The van der Waals surface area contributed by atoms with Crippen LogP contribution in [0.5, 0.6) is 0 Å². The lowest BCUT2D eigenvalue weighted by Crippen LogP contribution is -2.28. The number of rotatable bonds is 5. The Morgan fingerprint density at radius 2 is 2.22 bits per heavy atom. The van der Waals surface area contributed by atoms with Gasteiger partial charge in [-0.15, -0.1) is 22.7 Å². The highest BCUT2D eigenvalue weighted by Crippen LogP contribution is 2.30. The van der Waals surface area contributed by atoms with Crippen molar-refractivity contribution in [2.24, 2.45) is 0 Å². The van der Waals surface area contributed by atoms with Crippen LogP contribution >= 0.6 is 34.4 Å². The molecule has 3 rings (SSSR count). The molecule has 0 radical (unpaired) electrons. The maximum absolute atomic E-state index is 12.2. The molecular weight excluding hydrogens is 348 g/mol. The van der Waals surface area contributed by atoms with Crippen LogP contribution < -0.4 is 5.32 Å². The zero-order chi connectivity index (χ0) is 16.4. The fraction of sp³-hybridized carbons (Fsp3) is 0.333. The molecule has 0 saturated heterocycles. The van der Waals surface area contributed by atoms with Gasteiger partial charge in [-0.25, -0.2) is 15.0 Å². The molecule has 0 aliphatic rings. The van der Waals surface area contributed by atoms with E-state index >= 15 is 0 Å². The van der Waals surface area contributed by atoms with Gasteiger partial charge in [-0.05, 0) is 26.8 Å². The van der Waals surface area contributed by atoms with Gasteiger partial charge in [0.25, 0.3) is 0 Å². The minimum Gasteiger partial charge on any atom is -0.347 e. The molecule has 0 fully saturated rings. The third kappa shape index (κ3) is 3.88. The fourth-order valence-corrected chi connectivity index (χ4v) is 4.54. The Balaban J connectivity index is 1.62. The molecule has 0 unspecified atom stereocenters. The van der Waals surface area contributed by atoms with Gasteiger partial charge in [0.1, 0.15) is 16.2 Å². The van der Waals surface area contributed by atoms with Gasteiger partial charge in [0.05, 0.1) is 22.5 Å². The number of fused-ring (bicyclic) bond motifs is 1. The number of nitrogens with zero attached hydrogens (tertiary/aromatic N) is 3. The standard InChI is InChI=1S/C15H16N4OS3/c1-8-4-11-14(16-7-17-15(11)23-8)22-6-13(20)18-9(2)12-5-21-10(3)19-12/h4-5,7,9H,6H2,1-3H3,(H,18,20)/t9-/m1/s1. The molecule has 0 aliphatic heterocycles. The van der Waals surface area contributed by atoms with Crippen molar-refractivity contribution < 1.29 is 4.79 Å². The topological polar surface area (TPSA) is 67.8 Å². The second-order valence-corrected chi connectivity index (χ2v) is 8.39. The zero-order valence-corrected chi connectivity index (χ0v) is 15.4. The molecule has 0 saturated carbocycles. The summed E-state index contributed by atoms with van der Waals surface area (Å²) in [6.45, 7) is 5.95. The Kier molecular flexibility index (Phi) is 4.93. The number of thiophene rings is 1. The third-order valence-corrected chi connectivity index (χ3v) is 5.97. The van der Waals surface area contributed by atoms with Gasteiger partial charge in [0.2, 0.25) is 5.91 Å². The largest absolute Gasteiger partial charge is 0.347 e. The average molecular weight is 365 g/mol. The highest BCUT2D eigenvalue weighted by Gasteiger charge is 2.14. The molecule has 23 heavy (non-hydrogen) atoms. The molecule has 120 valence electrons. The van der Waals surface area contributed by atoms with Crippen molar-refractivity contribution in [3.8, 4) is 0 Å². The van der Waals surface area contributed by atoms with Crippen LogP contribution in [0.4, 0.5) is 0 Å². The van der Waals surface area contributed by atoms with Gasteiger partial charge < -0.3 is 5.32 Å². The summed E-state index contributed by atoms with van der Waals surface area (Å²) in [6.07, 6.45) is 1.55. The molecule has 0 bridgehead atoms. The lowest BCUT2D eigenvalue weighted by Gasteiger charge is -2.11. The number of amides is 1.